The molecule has 3 aliphatic carbocycles. The van der Waals surface area contributed by atoms with Crippen LogP contribution in [0.15, 0.2) is 66.0 Å². The number of rotatable bonds is 7. The molecular formula is C27H29N3O. The Labute approximate surface area is 183 Å². The zero-order valence-corrected chi connectivity index (χ0v) is 18.3. The summed E-state index contributed by atoms with van der Waals surface area (Å²) in [6, 6.07) is 16.1. The van der Waals surface area contributed by atoms with Crippen LogP contribution in [0.2, 0.25) is 0 Å². The molecule has 3 aliphatic rings. The highest BCUT2D eigenvalue weighted by Crippen LogP contribution is 2.63. The Morgan fingerprint density at radius 2 is 2.06 bits per heavy atom. The third-order valence-electron chi connectivity index (χ3n) is 7.38. The highest BCUT2D eigenvalue weighted by atomic mass is 16.5. The average Bonchev–Trinajstić information content (AvgIpc) is 3.69. The first kappa shape index (κ1) is 18.7. The molecule has 0 amide bonds. The normalized spacial score (nSPS) is 21.9. The smallest absolute Gasteiger partial charge is 0.121 e. The number of allylic oxidation sites excluding steroid dienone is 1. The second kappa shape index (κ2) is 7.01. The van der Waals surface area contributed by atoms with E-state index in [2.05, 4.69) is 70.7 Å². The highest BCUT2D eigenvalue weighted by Gasteiger charge is 2.54. The van der Waals surface area contributed by atoms with Crippen molar-refractivity contribution < 1.29 is 4.74 Å². The number of hydrogen-bond acceptors (Lipinski definition) is 3. The van der Waals surface area contributed by atoms with Crippen LogP contribution in [0.25, 0.3) is 11.1 Å². The first-order chi connectivity index (χ1) is 15.2. The number of hydrogen-bond donors (Lipinski definition) is 1. The Balaban J connectivity index is 1.16. The lowest BCUT2D eigenvalue weighted by Gasteiger charge is -2.14. The summed E-state index contributed by atoms with van der Waals surface area (Å²) >= 11 is 0. The monoisotopic (exact) mass is 411 g/mol. The minimum atomic E-state index is 0.299. The summed E-state index contributed by atoms with van der Waals surface area (Å²) in [5.74, 6) is 0.980. The molecule has 31 heavy (non-hydrogen) atoms. The van der Waals surface area contributed by atoms with Crippen molar-refractivity contribution in [2.75, 3.05) is 19.0 Å². The highest BCUT2D eigenvalue weighted by molar-refractivity contribution is 5.67. The number of aromatic nitrogens is 2. The van der Waals surface area contributed by atoms with Crippen LogP contribution in [0, 0.1) is 6.92 Å². The van der Waals surface area contributed by atoms with Crippen molar-refractivity contribution in [3.63, 3.8) is 0 Å². The lowest BCUT2D eigenvalue weighted by Crippen LogP contribution is -2.05. The number of nitrogens with one attached hydrogen (secondary N) is 1. The largest absolute Gasteiger partial charge is 0.496 e. The predicted molar refractivity (Wildman–Crippen MR) is 125 cm³/mol. The van der Waals surface area contributed by atoms with Gasteiger partial charge in [-0.1, -0.05) is 35.4 Å². The molecule has 1 aromatic heterocycles. The van der Waals surface area contributed by atoms with Crippen LogP contribution in [-0.4, -0.2) is 23.4 Å². The van der Waals surface area contributed by atoms with Crippen LogP contribution < -0.4 is 10.1 Å². The molecule has 2 saturated carbocycles. The second-order valence-electron chi connectivity index (χ2n) is 9.40. The SMILES string of the molecule is COc1ccc(C23CCC(CNc4cccc(-c5cnn(C6CC6)c5)c4)=C2C3)cc1C. The lowest BCUT2D eigenvalue weighted by molar-refractivity contribution is 0.411. The number of methoxy groups -OCH3 is 1. The van der Waals surface area contributed by atoms with Crippen molar-refractivity contribution in [2.24, 2.45) is 0 Å². The summed E-state index contributed by atoms with van der Waals surface area (Å²) in [5, 5.41) is 8.23. The lowest BCUT2D eigenvalue weighted by atomic mass is 9.92. The summed E-state index contributed by atoms with van der Waals surface area (Å²) in [5.41, 5.74) is 9.87. The first-order valence-electron chi connectivity index (χ1n) is 11.4. The van der Waals surface area contributed by atoms with E-state index in [0.717, 1.165) is 12.3 Å². The molecule has 3 aromatic rings. The summed E-state index contributed by atoms with van der Waals surface area (Å²) in [6.07, 6.45) is 10.4. The number of benzene rings is 2. The van der Waals surface area contributed by atoms with Crippen LogP contribution in [-0.2, 0) is 5.41 Å². The van der Waals surface area contributed by atoms with Gasteiger partial charge in [-0.15, -0.1) is 0 Å². The Morgan fingerprint density at radius 1 is 1.16 bits per heavy atom. The summed E-state index contributed by atoms with van der Waals surface area (Å²) in [4.78, 5) is 0. The second-order valence-corrected chi connectivity index (χ2v) is 9.40. The average molecular weight is 412 g/mol. The number of nitrogens with zero attached hydrogens (tertiary/aromatic N) is 2. The Kier molecular flexibility index (Phi) is 4.24. The molecular weight excluding hydrogens is 382 g/mol. The molecule has 0 bridgehead atoms. The maximum Gasteiger partial charge on any atom is 0.121 e. The fourth-order valence-corrected chi connectivity index (χ4v) is 5.31. The van der Waals surface area contributed by atoms with E-state index in [9.17, 15) is 0 Å². The molecule has 0 radical (unpaired) electrons. The van der Waals surface area contributed by atoms with Crippen LogP contribution in [0.5, 0.6) is 5.75 Å². The van der Waals surface area contributed by atoms with Crippen LogP contribution in [0.4, 0.5) is 5.69 Å². The molecule has 1 heterocycles. The van der Waals surface area contributed by atoms with Crippen LogP contribution in [0.3, 0.4) is 0 Å². The summed E-state index contributed by atoms with van der Waals surface area (Å²) in [7, 11) is 1.75. The van der Waals surface area contributed by atoms with E-state index in [1.807, 2.05) is 6.20 Å². The van der Waals surface area contributed by atoms with Crippen molar-refractivity contribution in [1.29, 1.82) is 0 Å². The quantitative estimate of drug-likeness (QED) is 0.481. The Hall–Kier alpha value is -3.01. The molecule has 1 atom stereocenters. The molecule has 6 rings (SSSR count). The Morgan fingerprint density at radius 3 is 2.84 bits per heavy atom. The van der Waals surface area contributed by atoms with Gasteiger partial charge in [0, 0.05) is 29.4 Å². The fraction of sp³-hybridized carbons (Fsp3) is 0.370. The minimum absolute atomic E-state index is 0.299. The topological polar surface area (TPSA) is 39.1 Å². The maximum atomic E-state index is 5.45. The summed E-state index contributed by atoms with van der Waals surface area (Å²) < 4.78 is 7.57. The van der Waals surface area contributed by atoms with E-state index in [1.165, 1.54) is 60.0 Å². The molecule has 2 aromatic carbocycles. The van der Waals surface area contributed by atoms with Crippen molar-refractivity contribution >= 4 is 5.69 Å². The van der Waals surface area contributed by atoms with E-state index in [4.69, 9.17) is 4.74 Å². The van der Waals surface area contributed by atoms with Gasteiger partial charge in [-0.05, 0) is 73.9 Å². The molecule has 0 aliphatic heterocycles. The third-order valence-corrected chi connectivity index (χ3v) is 7.38. The standard InChI is InChI=1S/C27H29N3O/c1-18-12-22(6-9-26(18)31-2)27-11-10-20(25(27)14-27)15-28-23-5-3-4-19(13-23)21-16-29-30(17-21)24-7-8-24/h3-6,9,12-13,16-17,24,28H,7-8,10-11,14-15H2,1-2H3. The molecule has 4 nitrogen and oxygen atoms in total. The van der Waals surface area contributed by atoms with Gasteiger partial charge in [0.2, 0.25) is 0 Å². The molecule has 1 unspecified atom stereocenters. The van der Waals surface area contributed by atoms with Gasteiger partial charge in [-0.25, -0.2) is 0 Å². The molecule has 2 fully saturated rings. The van der Waals surface area contributed by atoms with E-state index < -0.39 is 0 Å². The van der Waals surface area contributed by atoms with Gasteiger partial charge in [0.1, 0.15) is 5.75 Å². The maximum absolute atomic E-state index is 5.45. The zero-order valence-electron chi connectivity index (χ0n) is 18.3. The fourth-order valence-electron chi connectivity index (χ4n) is 5.31. The van der Waals surface area contributed by atoms with Crippen LogP contribution >= 0.6 is 0 Å². The molecule has 158 valence electrons. The minimum Gasteiger partial charge on any atom is -0.496 e. The molecule has 1 N–H and O–H groups in total. The van der Waals surface area contributed by atoms with E-state index >= 15 is 0 Å². The number of aryl methyl sites for hydroxylation is 1. The number of anilines is 1. The molecule has 0 spiro atoms. The predicted octanol–water partition coefficient (Wildman–Crippen LogP) is 6.05. The van der Waals surface area contributed by atoms with Crippen molar-refractivity contribution in [3.05, 3.63) is 77.1 Å². The van der Waals surface area contributed by atoms with Gasteiger partial charge >= 0.3 is 0 Å². The van der Waals surface area contributed by atoms with Gasteiger partial charge in [0.05, 0.1) is 19.3 Å². The number of ether oxygens (including phenoxy) is 1. The van der Waals surface area contributed by atoms with Gasteiger partial charge < -0.3 is 10.1 Å². The first-order valence-corrected chi connectivity index (χ1v) is 11.4. The molecule has 0 saturated heterocycles. The van der Waals surface area contributed by atoms with Gasteiger partial charge in [0.25, 0.3) is 0 Å². The van der Waals surface area contributed by atoms with E-state index in [-0.39, 0.29) is 0 Å². The van der Waals surface area contributed by atoms with E-state index in [0.29, 0.717) is 11.5 Å². The van der Waals surface area contributed by atoms with Crippen molar-refractivity contribution in [3.8, 4) is 16.9 Å². The Bertz CT molecular complexity index is 1190. The van der Waals surface area contributed by atoms with Gasteiger partial charge in [-0.2, -0.15) is 5.10 Å². The van der Waals surface area contributed by atoms with E-state index in [1.54, 1.807) is 18.3 Å². The zero-order chi connectivity index (χ0) is 21.0. The van der Waals surface area contributed by atoms with Gasteiger partial charge in [0.15, 0.2) is 0 Å². The number of fused-ring (bicyclic) bond motifs is 1. The van der Waals surface area contributed by atoms with Crippen LogP contribution in [0.1, 0.15) is 49.3 Å². The van der Waals surface area contributed by atoms with Crippen molar-refractivity contribution in [1.82, 2.24) is 9.78 Å². The third kappa shape index (κ3) is 3.25. The molecule has 4 heteroatoms. The van der Waals surface area contributed by atoms with Crippen molar-refractivity contribution in [2.45, 2.75) is 50.5 Å². The summed E-state index contributed by atoms with van der Waals surface area (Å²) in [6.45, 7) is 3.08. The van der Waals surface area contributed by atoms with Gasteiger partial charge in [-0.3, -0.25) is 4.68 Å².